The maximum absolute atomic E-state index is 15.8. The number of nitrogens with one attached hydrogen (secondary N) is 1. The molecule has 9 nitrogen and oxygen atoms in total. The number of piperidine rings is 1. The van der Waals surface area contributed by atoms with Gasteiger partial charge in [0.05, 0.1) is 11.5 Å². The van der Waals surface area contributed by atoms with Gasteiger partial charge >= 0.3 is 12.1 Å². The van der Waals surface area contributed by atoms with Gasteiger partial charge in [0.2, 0.25) is 15.9 Å². The highest BCUT2D eigenvalue weighted by molar-refractivity contribution is 7.89. The van der Waals surface area contributed by atoms with E-state index in [4.69, 9.17) is 32.0 Å². The van der Waals surface area contributed by atoms with E-state index >= 15 is 8.78 Å². The van der Waals surface area contributed by atoms with Gasteiger partial charge in [-0.15, -0.1) is 0 Å². The van der Waals surface area contributed by atoms with Crippen molar-refractivity contribution in [1.29, 1.82) is 0 Å². The van der Waals surface area contributed by atoms with Crippen LogP contribution in [0.5, 0.6) is 5.75 Å². The summed E-state index contributed by atoms with van der Waals surface area (Å²) in [6, 6.07) is 7.80. The molecule has 1 amide bonds. The molecular weight excluding hydrogens is 649 g/mol. The second-order valence-electron chi connectivity index (χ2n) is 10.9. The predicted molar refractivity (Wildman–Crippen MR) is 155 cm³/mol. The van der Waals surface area contributed by atoms with Crippen LogP contribution in [-0.2, 0) is 25.5 Å². The van der Waals surface area contributed by atoms with Gasteiger partial charge in [0.25, 0.3) is 5.92 Å². The molecule has 0 radical (unpaired) electrons. The number of carbonyl (C=O) groups is 2. The Hall–Kier alpha value is -3.01. The Morgan fingerprint density at radius 1 is 0.956 bits per heavy atom. The van der Waals surface area contributed by atoms with Crippen LogP contribution >= 0.6 is 11.6 Å². The van der Waals surface area contributed by atoms with Crippen LogP contribution in [0.2, 0.25) is 5.02 Å². The standard InChI is InChI=1S/C27H34ClF2N3O4S.C2HF3O2/c28-21-8-6-20(7-9-21)27(29,30)25(26(34)33-16-14-22(31)15-17-33)32-38(35,36)24-12-10-23(11-13-24)37-18-19-4-2-1-3-5-19;3-2(4,5)1(6)7/h6-13,19,22,25,32H,1-5,14-18,31H2;(H,6,7). The van der Waals surface area contributed by atoms with Crippen molar-refractivity contribution in [3.8, 4) is 5.75 Å². The fraction of sp³-hybridized carbons (Fsp3) is 0.517. The van der Waals surface area contributed by atoms with E-state index in [2.05, 4.69) is 0 Å². The Morgan fingerprint density at radius 2 is 1.49 bits per heavy atom. The number of hydrogen-bond acceptors (Lipinski definition) is 6. The Balaban J connectivity index is 0.000000707. The van der Waals surface area contributed by atoms with Crippen molar-refractivity contribution in [1.82, 2.24) is 9.62 Å². The maximum atomic E-state index is 15.8. The second-order valence-corrected chi connectivity index (χ2v) is 13.1. The molecule has 1 saturated carbocycles. The minimum atomic E-state index is -5.08. The Labute approximate surface area is 262 Å². The second kappa shape index (κ2) is 15.5. The number of benzene rings is 2. The molecule has 2 aliphatic rings. The summed E-state index contributed by atoms with van der Waals surface area (Å²) in [5, 5.41) is 7.36. The number of nitrogens with two attached hydrogens (primary N) is 1. The molecule has 250 valence electrons. The Kier molecular flexibility index (Phi) is 12.6. The zero-order valence-electron chi connectivity index (χ0n) is 24.1. The van der Waals surface area contributed by atoms with E-state index in [1.54, 1.807) is 0 Å². The third-order valence-corrected chi connectivity index (χ3v) is 9.24. The molecule has 0 bridgehead atoms. The van der Waals surface area contributed by atoms with Gasteiger partial charge in [-0.3, -0.25) is 4.79 Å². The van der Waals surface area contributed by atoms with Crippen molar-refractivity contribution < 1.29 is 49.8 Å². The van der Waals surface area contributed by atoms with Crippen LogP contribution in [0, 0.1) is 5.92 Å². The number of likely N-dealkylation sites (tertiary alicyclic amines) is 1. The first-order valence-corrected chi connectivity index (χ1v) is 16.1. The minimum absolute atomic E-state index is 0.134. The van der Waals surface area contributed by atoms with Crippen molar-refractivity contribution in [2.45, 2.75) is 74.0 Å². The van der Waals surface area contributed by atoms with E-state index in [9.17, 15) is 26.4 Å². The number of carboxylic acids is 1. The zero-order chi connectivity index (χ0) is 33.4. The van der Waals surface area contributed by atoms with Crippen LogP contribution in [0.15, 0.2) is 53.4 Å². The van der Waals surface area contributed by atoms with Crippen molar-refractivity contribution >= 4 is 33.5 Å². The van der Waals surface area contributed by atoms with Crippen LogP contribution in [0.3, 0.4) is 0 Å². The summed E-state index contributed by atoms with van der Waals surface area (Å²) in [5.41, 5.74) is 5.37. The third-order valence-electron chi connectivity index (χ3n) is 7.55. The quantitative estimate of drug-likeness (QED) is 0.304. The lowest BCUT2D eigenvalue weighted by Gasteiger charge is -2.35. The average molecular weight is 684 g/mol. The van der Waals surface area contributed by atoms with E-state index < -0.39 is 45.6 Å². The molecule has 1 saturated heterocycles. The number of sulfonamides is 1. The van der Waals surface area contributed by atoms with Gasteiger partial charge in [-0.05, 0) is 68.0 Å². The molecule has 1 aliphatic carbocycles. The Bertz CT molecular complexity index is 1380. The van der Waals surface area contributed by atoms with Crippen LogP contribution in [0.25, 0.3) is 0 Å². The molecular formula is C29H35ClF5N3O6S. The molecule has 2 aromatic carbocycles. The zero-order valence-corrected chi connectivity index (χ0v) is 25.7. The van der Waals surface area contributed by atoms with Crippen molar-refractivity contribution in [2.24, 2.45) is 11.7 Å². The molecule has 2 aromatic rings. The highest BCUT2D eigenvalue weighted by Gasteiger charge is 2.50. The van der Waals surface area contributed by atoms with Gasteiger partial charge in [-0.25, -0.2) is 13.2 Å². The van der Waals surface area contributed by atoms with Gasteiger partial charge in [0, 0.05) is 29.7 Å². The lowest BCUT2D eigenvalue weighted by molar-refractivity contribution is -0.192. The summed E-state index contributed by atoms with van der Waals surface area (Å²) in [5.74, 6) is -6.64. The first-order chi connectivity index (χ1) is 21.0. The van der Waals surface area contributed by atoms with E-state index in [-0.39, 0.29) is 29.0 Å². The lowest BCUT2D eigenvalue weighted by Crippen LogP contribution is -2.57. The van der Waals surface area contributed by atoms with E-state index in [0.29, 0.717) is 31.1 Å². The summed E-state index contributed by atoms with van der Waals surface area (Å²) in [6.45, 7) is 0.887. The third kappa shape index (κ3) is 10.5. The highest BCUT2D eigenvalue weighted by atomic mass is 35.5. The number of carboxylic acid groups (broad SMARTS) is 1. The summed E-state index contributed by atoms with van der Waals surface area (Å²) >= 11 is 5.85. The Morgan fingerprint density at radius 3 is 2.00 bits per heavy atom. The molecule has 0 aromatic heterocycles. The largest absolute Gasteiger partial charge is 0.493 e. The van der Waals surface area contributed by atoms with Gasteiger partial charge in [-0.1, -0.05) is 43.0 Å². The first-order valence-electron chi connectivity index (χ1n) is 14.2. The summed E-state index contributed by atoms with van der Waals surface area (Å²) in [6.07, 6.45) is 1.62. The number of ether oxygens (including phenoxy) is 1. The number of aliphatic carboxylic acids is 1. The average Bonchev–Trinajstić information content (AvgIpc) is 2.99. The molecule has 45 heavy (non-hydrogen) atoms. The maximum Gasteiger partial charge on any atom is 0.490 e. The number of hydrogen-bond donors (Lipinski definition) is 3. The van der Waals surface area contributed by atoms with Crippen molar-refractivity contribution in [3.63, 3.8) is 0 Å². The molecule has 4 rings (SSSR count). The van der Waals surface area contributed by atoms with Crippen LogP contribution in [0.4, 0.5) is 22.0 Å². The molecule has 1 atom stereocenters. The van der Waals surface area contributed by atoms with Crippen LogP contribution in [-0.4, -0.2) is 68.3 Å². The molecule has 1 aliphatic heterocycles. The van der Waals surface area contributed by atoms with Gasteiger partial charge in [0.1, 0.15) is 5.75 Å². The first kappa shape index (κ1) is 36.5. The SMILES string of the molecule is NC1CCN(C(=O)C(NS(=O)(=O)c2ccc(OCC3CCCCC3)cc2)C(F)(F)c2ccc(Cl)cc2)CC1.O=C(O)C(F)(F)F. The molecule has 2 fully saturated rings. The van der Waals surface area contributed by atoms with E-state index in [1.807, 2.05) is 4.72 Å². The van der Waals surface area contributed by atoms with E-state index in [0.717, 1.165) is 25.0 Å². The van der Waals surface area contributed by atoms with Crippen LogP contribution < -0.4 is 15.2 Å². The summed E-state index contributed by atoms with van der Waals surface area (Å²) < 4.78 is 97.5. The fourth-order valence-corrected chi connectivity index (χ4v) is 6.24. The molecule has 0 spiro atoms. The predicted octanol–water partition coefficient (Wildman–Crippen LogP) is 5.32. The van der Waals surface area contributed by atoms with Gasteiger partial charge in [0.15, 0.2) is 6.04 Å². The fourth-order valence-electron chi connectivity index (χ4n) is 4.93. The lowest BCUT2D eigenvalue weighted by atomic mass is 9.90. The molecule has 1 unspecified atom stereocenters. The van der Waals surface area contributed by atoms with Crippen LogP contribution in [0.1, 0.15) is 50.5 Å². The number of halogens is 6. The number of nitrogens with zero attached hydrogens (tertiary/aromatic N) is 1. The number of carbonyl (C=O) groups excluding carboxylic acids is 1. The van der Waals surface area contributed by atoms with Gasteiger partial charge in [-0.2, -0.15) is 26.7 Å². The van der Waals surface area contributed by atoms with E-state index in [1.165, 1.54) is 60.6 Å². The summed E-state index contributed by atoms with van der Waals surface area (Å²) in [4.78, 5) is 23.2. The number of alkyl halides is 5. The normalized spacial score (nSPS) is 17.6. The topological polar surface area (TPSA) is 139 Å². The number of amides is 1. The highest BCUT2D eigenvalue weighted by Crippen LogP contribution is 2.35. The van der Waals surface area contributed by atoms with Crippen molar-refractivity contribution in [3.05, 3.63) is 59.1 Å². The smallest absolute Gasteiger partial charge is 0.490 e. The minimum Gasteiger partial charge on any atom is -0.493 e. The number of rotatable bonds is 9. The summed E-state index contributed by atoms with van der Waals surface area (Å²) in [7, 11) is -4.49. The van der Waals surface area contributed by atoms with Crippen molar-refractivity contribution in [2.75, 3.05) is 19.7 Å². The monoisotopic (exact) mass is 683 g/mol. The molecule has 1 heterocycles. The molecule has 4 N–H and O–H groups in total. The molecule has 16 heteroatoms. The van der Waals surface area contributed by atoms with Gasteiger partial charge < -0.3 is 20.5 Å².